The number of hydrogen-bond acceptors (Lipinski definition) is 2. The fraction of sp³-hybridized carbons (Fsp3) is 0.200. The lowest BCUT2D eigenvalue weighted by Crippen LogP contribution is -2.07. The molecule has 1 N–H and O–H groups in total. The third-order valence-electron chi connectivity index (χ3n) is 5.78. The van der Waals surface area contributed by atoms with Crippen molar-refractivity contribution in [3.8, 4) is 11.4 Å². The van der Waals surface area contributed by atoms with Gasteiger partial charge in [-0.25, -0.2) is 4.98 Å². The van der Waals surface area contributed by atoms with E-state index in [0.717, 1.165) is 29.4 Å². The van der Waals surface area contributed by atoms with E-state index in [0.29, 0.717) is 33.4 Å². The molecule has 30 heavy (non-hydrogen) atoms. The number of Topliss-reactive ketones (excluding diaryl/α,β-unsaturated/α-hetero) is 1. The summed E-state index contributed by atoms with van der Waals surface area (Å²) in [6.07, 6.45) is 5.16. The number of carbonyl (C=O) groups is 1. The van der Waals surface area contributed by atoms with Crippen molar-refractivity contribution >= 4 is 40.0 Å². The molecule has 0 fully saturated rings. The molecule has 1 aliphatic carbocycles. The van der Waals surface area contributed by atoms with Gasteiger partial charge in [0.15, 0.2) is 5.78 Å². The molecule has 0 unspecified atom stereocenters. The van der Waals surface area contributed by atoms with Crippen LogP contribution in [0.25, 0.3) is 22.4 Å². The van der Waals surface area contributed by atoms with Gasteiger partial charge in [0.25, 0.3) is 0 Å². The molecular weight excluding hydrogens is 415 g/mol. The van der Waals surface area contributed by atoms with Gasteiger partial charge in [-0.1, -0.05) is 47.5 Å². The van der Waals surface area contributed by atoms with Gasteiger partial charge in [0, 0.05) is 12.0 Å². The lowest BCUT2D eigenvalue weighted by Gasteiger charge is -2.16. The highest BCUT2D eigenvalue weighted by Gasteiger charge is 2.15. The number of fused-ring (bicyclic) bond motifs is 2. The number of halogens is 2. The number of H-pyrrole nitrogens is 1. The minimum atomic E-state index is 0.0968. The van der Waals surface area contributed by atoms with Crippen LogP contribution in [0.4, 0.5) is 0 Å². The summed E-state index contributed by atoms with van der Waals surface area (Å²) in [6, 6.07) is 17.4. The second-order valence-electron chi connectivity index (χ2n) is 7.82. The van der Waals surface area contributed by atoms with Gasteiger partial charge in [0.1, 0.15) is 5.82 Å². The zero-order valence-corrected chi connectivity index (χ0v) is 17.9. The maximum atomic E-state index is 12.9. The van der Waals surface area contributed by atoms with Crippen molar-refractivity contribution in [3.63, 3.8) is 0 Å². The summed E-state index contributed by atoms with van der Waals surface area (Å²) < 4.78 is 0. The third kappa shape index (κ3) is 3.64. The van der Waals surface area contributed by atoms with Crippen LogP contribution in [-0.4, -0.2) is 15.8 Å². The summed E-state index contributed by atoms with van der Waals surface area (Å²) >= 11 is 12.6. The smallest absolute Gasteiger partial charge is 0.167 e. The van der Waals surface area contributed by atoms with Crippen LogP contribution in [0.15, 0.2) is 54.6 Å². The van der Waals surface area contributed by atoms with Crippen LogP contribution in [-0.2, 0) is 19.3 Å². The molecule has 4 aromatic rings. The maximum Gasteiger partial charge on any atom is 0.167 e. The molecule has 0 spiro atoms. The van der Waals surface area contributed by atoms with Crippen molar-refractivity contribution in [1.82, 2.24) is 9.97 Å². The summed E-state index contributed by atoms with van der Waals surface area (Å²) in [5.74, 6) is 0.694. The number of carbonyl (C=O) groups excluding carboxylic acids is 1. The highest BCUT2D eigenvalue weighted by Crippen LogP contribution is 2.34. The van der Waals surface area contributed by atoms with E-state index >= 15 is 0 Å². The monoisotopic (exact) mass is 434 g/mol. The summed E-state index contributed by atoms with van der Waals surface area (Å²) in [5, 5.41) is 1.07. The van der Waals surface area contributed by atoms with Crippen molar-refractivity contribution in [2.24, 2.45) is 0 Å². The first-order valence-corrected chi connectivity index (χ1v) is 10.9. The van der Waals surface area contributed by atoms with Crippen LogP contribution >= 0.6 is 23.2 Å². The van der Waals surface area contributed by atoms with Gasteiger partial charge in [-0.05, 0) is 72.7 Å². The summed E-state index contributed by atoms with van der Waals surface area (Å²) in [6.45, 7) is 0. The Labute approximate surface area is 185 Å². The van der Waals surface area contributed by atoms with Gasteiger partial charge in [0.05, 0.1) is 26.6 Å². The molecule has 5 heteroatoms. The van der Waals surface area contributed by atoms with Gasteiger partial charge in [-0.3, -0.25) is 4.79 Å². The number of ketones is 1. The first-order chi connectivity index (χ1) is 14.6. The number of imidazole rings is 1. The number of aromatic nitrogens is 2. The van der Waals surface area contributed by atoms with Crippen LogP contribution < -0.4 is 0 Å². The number of nitrogens with zero attached hydrogens (tertiary/aromatic N) is 1. The molecule has 0 amide bonds. The van der Waals surface area contributed by atoms with Crippen LogP contribution in [0, 0.1) is 0 Å². The first kappa shape index (κ1) is 19.3. The average Bonchev–Trinajstić information content (AvgIpc) is 3.16. The van der Waals surface area contributed by atoms with Crippen LogP contribution in [0.5, 0.6) is 0 Å². The lowest BCUT2D eigenvalue weighted by atomic mass is 9.89. The first-order valence-electron chi connectivity index (χ1n) is 10.2. The average molecular weight is 435 g/mol. The predicted molar refractivity (Wildman–Crippen MR) is 123 cm³/mol. The minimum Gasteiger partial charge on any atom is -0.338 e. The van der Waals surface area contributed by atoms with E-state index < -0.39 is 0 Å². The Morgan fingerprint density at radius 1 is 0.933 bits per heavy atom. The zero-order chi connectivity index (χ0) is 20.7. The summed E-state index contributed by atoms with van der Waals surface area (Å²) in [4.78, 5) is 20.8. The Balaban J connectivity index is 1.43. The highest BCUT2D eigenvalue weighted by atomic mass is 35.5. The molecular formula is C25H20Cl2N2O. The van der Waals surface area contributed by atoms with Crippen molar-refractivity contribution in [3.05, 3.63) is 86.9 Å². The van der Waals surface area contributed by atoms with Gasteiger partial charge < -0.3 is 4.98 Å². The lowest BCUT2D eigenvalue weighted by molar-refractivity contribution is 0.0993. The molecule has 0 saturated carbocycles. The normalized spacial score (nSPS) is 13.4. The molecule has 0 bridgehead atoms. The maximum absolute atomic E-state index is 12.9. The van der Waals surface area contributed by atoms with Crippen molar-refractivity contribution < 1.29 is 4.79 Å². The van der Waals surface area contributed by atoms with Crippen LogP contribution in [0.1, 0.15) is 39.9 Å². The van der Waals surface area contributed by atoms with Gasteiger partial charge in [-0.15, -0.1) is 0 Å². The Kier molecular flexibility index (Phi) is 5.10. The van der Waals surface area contributed by atoms with E-state index in [2.05, 4.69) is 28.2 Å². The molecule has 0 radical (unpaired) electrons. The number of rotatable bonds is 4. The molecule has 5 rings (SSSR count). The Bertz CT molecular complexity index is 1260. The Morgan fingerprint density at radius 3 is 2.50 bits per heavy atom. The van der Waals surface area contributed by atoms with Crippen molar-refractivity contribution in [2.45, 2.75) is 32.1 Å². The number of hydrogen-bond donors (Lipinski definition) is 1. The number of benzene rings is 3. The molecule has 3 nitrogen and oxygen atoms in total. The second kappa shape index (κ2) is 7.90. The van der Waals surface area contributed by atoms with E-state index in [-0.39, 0.29) is 5.78 Å². The summed E-state index contributed by atoms with van der Waals surface area (Å²) in [5.41, 5.74) is 6.80. The zero-order valence-electron chi connectivity index (χ0n) is 16.3. The second-order valence-corrected chi connectivity index (χ2v) is 8.64. The van der Waals surface area contributed by atoms with Crippen molar-refractivity contribution in [2.75, 3.05) is 0 Å². The standard InChI is InChI=1S/C25H20Cl2N2O/c26-19-6-3-7-20(27)24(19)25-28-21-11-10-18(14-22(21)29-25)23(30)13-15-8-9-16-4-1-2-5-17(16)12-15/h3,6-12,14H,1-2,4-5,13H2,(H,28,29). The number of aryl methyl sites for hydroxylation is 2. The van der Waals surface area contributed by atoms with Gasteiger partial charge in [-0.2, -0.15) is 0 Å². The van der Waals surface area contributed by atoms with Crippen LogP contribution in [0.3, 0.4) is 0 Å². The SMILES string of the molecule is O=C(Cc1ccc2c(c1)CCCC2)c1ccc2nc(-c3c(Cl)cccc3Cl)[nH]c2c1. The van der Waals surface area contributed by atoms with E-state index in [1.54, 1.807) is 18.2 Å². The quantitative estimate of drug-likeness (QED) is 0.357. The third-order valence-corrected chi connectivity index (χ3v) is 6.41. The summed E-state index contributed by atoms with van der Waals surface area (Å²) in [7, 11) is 0. The Morgan fingerprint density at radius 2 is 1.70 bits per heavy atom. The Hall–Kier alpha value is -2.62. The predicted octanol–water partition coefficient (Wildman–Crippen LogP) is 6.84. The molecule has 1 aromatic heterocycles. The van der Waals surface area contributed by atoms with Crippen LogP contribution in [0.2, 0.25) is 10.0 Å². The molecule has 0 aliphatic heterocycles. The highest BCUT2D eigenvalue weighted by molar-refractivity contribution is 6.39. The van der Waals surface area contributed by atoms with E-state index in [9.17, 15) is 4.79 Å². The molecule has 1 heterocycles. The topological polar surface area (TPSA) is 45.8 Å². The van der Waals surface area contributed by atoms with E-state index in [1.807, 2.05) is 18.2 Å². The van der Waals surface area contributed by atoms with Crippen molar-refractivity contribution in [1.29, 1.82) is 0 Å². The molecule has 0 saturated heterocycles. The fourth-order valence-electron chi connectivity index (χ4n) is 4.21. The molecule has 0 atom stereocenters. The van der Waals surface area contributed by atoms with E-state index in [1.165, 1.54) is 24.0 Å². The fourth-order valence-corrected chi connectivity index (χ4v) is 4.79. The minimum absolute atomic E-state index is 0.0968. The van der Waals surface area contributed by atoms with Gasteiger partial charge >= 0.3 is 0 Å². The number of aromatic amines is 1. The molecule has 1 aliphatic rings. The molecule has 150 valence electrons. The number of nitrogens with one attached hydrogen (secondary N) is 1. The van der Waals surface area contributed by atoms with E-state index in [4.69, 9.17) is 23.2 Å². The largest absolute Gasteiger partial charge is 0.338 e. The van der Waals surface area contributed by atoms with Gasteiger partial charge in [0.2, 0.25) is 0 Å². The molecule has 3 aromatic carbocycles.